The number of rotatable bonds is 4. The maximum Gasteiger partial charge on any atom is 0.319 e. The number of hydrogen-bond acceptors (Lipinski definition) is 5. The highest BCUT2D eigenvalue weighted by molar-refractivity contribution is 5.92. The van der Waals surface area contributed by atoms with Crippen LogP contribution in [0.15, 0.2) is 71.8 Å². The molecule has 8 bridgehead atoms. The van der Waals surface area contributed by atoms with Crippen molar-refractivity contribution in [2.45, 2.75) is 75.3 Å². The van der Waals surface area contributed by atoms with Gasteiger partial charge in [0, 0.05) is 65.4 Å². The van der Waals surface area contributed by atoms with Crippen molar-refractivity contribution in [3.8, 4) is 0 Å². The number of aromatic amines is 2. The fourth-order valence-corrected chi connectivity index (χ4v) is 11.3. The van der Waals surface area contributed by atoms with E-state index in [-0.39, 0.29) is 24.0 Å². The summed E-state index contributed by atoms with van der Waals surface area (Å²) in [6.07, 6.45) is 11.0. The number of aliphatic hydroxyl groups excluding tert-OH is 1. The molecule has 7 heteroatoms. The van der Waals surface area contributed by atoms with Crippen molar-refractivity contribution >= 4 is 27.8 Å². The Morgan fingerprint density at radius 2 is 1.35 bits per heavy atom. The van der Waals surface area contributed by atoms with Crippen LogP contribution < -0.4 is 0 Å². The first kappa shape index (κ1) is 30.4. The predicted molar refractivity (Wildman–Crippen MR) is 190 cm³/mol. The molecule has 0 spiro atoms. The highest BCUT2D eigenvalue weighted by atomic mass is 16.5. The Kier molecular flexibility index (Phi) is 7.09. The molecule has 2 aromatic heterocycles. The summed E-state index contributed by atoms with van der Waals surface area (Å²) in [6.45, 7) is 9.05. The standard InChI is InChI=1S/C21H24N2O2.C20H24N2O/c1-3-14-10-13-11-21(20(24)25-2)18-16(8-9-23(12-13)19(14)21)15-6-4-5-7-17(15)22-18;1-2-14-9-13-10-20(12-23)18-16(7-8-22(11-13)19(14)20)15-5-3-4-6-17(15)21-18/h4-7,10,13,19,22H,3,8-9,11-12H2,1-2H3;3-6,9,13,19,21,23H,2,7-8,10-12H2,1H3. The van der Waals surface area contributed by atoms with E-state index in [0.29, 0.717) is 17.9 Å². The van der Waals surface area contributed by atoms with Crippen LogP contribution in [-0.4, -0.2) is 82.8 Å². The van der Waals surface area contributed by atoms with Crippen LogP contribution in [0.25, 0.3) is 21.8 Å². The van der Waals surface area contributed by atoms with Gasteiger partial charge in [0.05, 0.1) is 25.2 Å². The molecule has 0 saturated carbocycles. The average Bonchev–Trinajstić information content (AvgIpc) is 3.66. The number of carbonyl (C=O) groups excluding carboxylic acids is 1. The van der Waals surface area contributed by atoms with Crippen molar-refractivity contribution in [2.75, 3.05) is 39.9 Å². The van der Waals surface area contributed by atoms with Crippen LogP contribution in [0.1, 0.15) is 62.0 Å². The van der Waals surface area contributed by atoms with Gasteiger partial charge in [-0.1, -0.05) is 73.5 Å². The number of para-hydroxylation sites is 2. The molecule has 3 N–H and O–H groups in total. The number of nitrogens with zero attached hydrogens (tertiary/aromatic N) is 2. The summed E-state index contributed by atoms with van der Waals surface area (Å²) >= 11 is 0. The summed E-state index contributed by atoms with van der Waals surface area (Å²) in [7, 11) is 1.53. The Bertz CT molecular complexity index is 1990. The predicted octanol–water partition coefficient (Wildman–Crippen LogP) is 6.17. The maximum absolute atomic E-state index is 13.2. The summed E-state index contributed by atoms with van der Waals surface area (Å²) in [5, 5.41) is 13.2. The van der Waals surface area contributed by atoms with E-state index in [2.05, 4.69) is 94.3 Å². The summed E-state index contributed by atoms with van der Waals surface area (Å²) in [6, 6.07) is 17.6. The van der Waals surface area contributed by atoms with Gasteiger partial charge in [-0.05, 0) is 73.6 Å². The molecule has 12 rings (SSSR count). The normalized spacial score (nSPS) is 33.9. The van der Waals surface area contributed by atoms with E-state index < -0.39 is 5.41 Å². The van der Waals surface area contributed by atoms with Gasteiger partial charge in [0.2, 0.25) is 0 Å². The Hall–Kier alpha value is -3.65. The van der Waals surface area contributed by atoms with Gasteiger partial charge >= 0.3 is 5.97 Å². The van der Waals surface area contributed by atoms with Crippen LogP contribution >= 0.6 is 0 Å². The molecule has 2 fully saturated rings. The minimum Gasteiger partial charge on any atom is -0.468 e. The van der Waals surface area contributed by atoms with Crippen molar-refractivity contribution in [1.82, 2.24) is 19.8 Å². The number of nitrogens with one attached hydrogen (secondary N) is 2. The SMILES string of the molecule is CCC1=CC2CN3CCc4c([nH]c5ccccc45)C(C(=O)OC)(C2)C13.CCC1=CC2CN3CCc4c([nH]c5ccccc45)C(CO)(C2)C13. The fourth-order valence-electron chi connectivity index (χ4n) is 11.3. The van der Waals surface area contributed by atoms with Gasteiger partial charge in [-0.15, -0.1) is 0 Å². The van der Waals surface area contributed by atoms with Crippen LogP contribution in [-0.2, 0) is 33.2 Å². The Morgan fingerprint density at radius 1 is 0.812 bits per heavy atom. The van der Waals surface area contributed by atoms with E-state index in [9.17, 15) is 9.90 Å². The molecule has 0 radical (unpaired) electrons. The number of fused-ring (bicyclic) bond motifs is 6. The maximum atomic E-state index is 13.2. The first-order chi connectivity index (χ1) is 23.4. The number of methoxy groups -OCH3 is 1. The van der Waals surface area contributed by atoms with Crippen LogP contribution in [0.2, 0.25) is 0 Å². The molecule has 4 aromatic rings. The lowest BCUT2D eigenvalue weighted by Gasteiger charge is -2.55. The average molecular weight is 645 g/mol. The second-order valence-corrected chi connectivity index (χ2v) is 15.2. The first-order valence-electron chi connectivity index (χ1n) is 18.2. The molecule has 2 aliphatic carbocycles. The lowest BCUT2D eigenvalue weighted by Crippen LogP contribution is -2.63. The number of esters is 1. The highest BCUT2D eigenvalue weighted by Crippen LogP contribution is 2.54. The number of ether oxygens (including phenoxy) is 1. The summed E-state index contributed by atoms with van der Waals surface area (Å²) in [4.78, 5) is 25.8. The molecule has 6 aliphatic heterocycles. The van der Waals surface area contributed by atoms with Crippen molar-refractivity contribution < 1.29 is 14.6 Å². The zero-order chi connectivity index (χ0) is 32.8. The molecule has 7 nitrogen and oxygen atoms in total. The van der Waals surface area contributed by atoms with E-state index in [1.54, 1.807) is 0 Å². The van der Waals surface area contributed by atoms with Gasteiger partial charge < -0.3 is 19.8 Å². The molecular formula is C41H48N4O3. The molecular weight excluding hydrogens is 596 g/mol. The zero-order valence-corrected chi connectivity index (χ0v) is 28.5. The molecule has 2 saturated heterocycles. The zero-order valence-electron chi connectivity index (χ0n) is 28.5. The Balaban J connectivity index is 0.000000131. The third-order valence-corrected chi connectivity index (χ3v) is 13.0. The largest absolute Gasteiger partial charge is 0.468 e. The molecule has 8 atom stereocenters. The molecule has 0 amide bonds. The topological polar surface area (TPSA) is 84.6 Å². The van der Waals surface area contributed by atoms with E-state index >= 15 is 0 Å². The summed E-state index contributed by atoms with van der Waals surface area (Å²) in [5.41, 5.74) is 9.74. The number of aliphatic hydroxyl groups is 1. The lowest BCUT2D eigenvalue weighted by molar-refractivity contribution is -0.154. The Morgan fingerprint density at radius 3 is 1.96 bits per heavy atom. The second-order valence-electron chi connectivity index (χ2n) is 15.2. The van der Waals surface area contributed by atoms with Crippen LogP contribution in [0.3, 0.4) is 0 Å². The van der Waals surface area contributed by atoms with E-state index in [4.69, 9.17) is 4.74 Å². The van der Waals surface area contributed by atoms with E-state index in [1.807, 2.05) is 0 Å². The third-order valence-electron chi connectivity index (χ3n) is 13.0. The van der Waals surface area contributed by atoms with Gasteiger partial charge in [0.15, 0.2) is 0 Å². The lowest BCUT2D eigenvalue weighted by atomic mass is 9.60. The third kappa shape index (κ3) is 4.07. The Labute approximate surface area is 283 Å². The quantitative estimate of drug-likeness (QED) is 0.183. The summed E-state index contributed by atoms with van der Waals surface area (Å²) < 4.78 is 5.41. The van der Waals surface area contributed by atoms with Crippen LogP contribution in [0, 0.1) is 11.8 Å². The minimum absolute atomic E-state index is 0.0824. The smallest absolute Gasteiger partial charge is 0.319 e. The first-order valence-corrected chi connectivity index (χ1v) is 18.2. The number of piperidine rings is 2. The molecule has 8 unspecified atom stereocenters. The van der Waals surface area contributed by atoms with Gasteiger partial charge in [0.25, 0.3) is 0 Å². The number of hydrogen-bond donors (Lipinski definition) is 3. The molecule has 48 heavy (non-hydrogen) atoms. The fraction of sp³-hybridized carbons (Fsp3) is 0.488. The second kappa shape index (κ2) is 11.2. The molecule has 2 aromatic carbocycles. The minimum atomic E-state index is -0.595. The van der Waals surface area contributed by atoms with Crippen molar-refractivity contribution in [1.29, 1.82) is 0 Å². The van der Waals surface area contributed by atoms with Gasteiger partial charge in [-0.25, -0.2) is 0 Å². The van der Waals surface area contributed by atoms with Crippen molar-refractivity contribution in [3.05, 3.63) is 94.3 Å². The van der Waals surface area contributed by atoms with Gasteiger partial charge in [0.1, 0.15) is 5.41 Å². The molecule has 250 valence electrons. The number of benzene rings is 2. The van der Waals surface area contributed by atoms with E-state index in [1.165, 1.54) is 51.4 Å². The van der Waals surface area contributed by atoms with Gasteiger partial charge in [-0.2, -0.15) is 0 Å². The highest BCUT2D eigenvalue weighted by Gasteiger charge is 2.60. The number of H-pyrrole nitrogens is 2. The molecule has 8 aliphatic rings. The van der Waals surface area contributed by atoms with Gasteiger partial charge in [-0.3, -0.25) is 14.6 Å². The molecule has 8 heterocycles. The van der Waals surface area contributed by atoms with Crippen LogP contribution in [0.5, 0.6) is 0 Å². The van der Waals surface area contributed by atoms with Crippen LogP contribution in [0.4, 0.5) is 0 Å². The monoisotopic (exact) mass is 644 g/mol. The van der Waals surface area contributed by atoms with Crippen molar-refractivity contribution in [3.63, 3.8) is 0 Å². The summed E-state index contributed by atoms with van der Waals surface area (Å²) in [5.74, 6) is 0.928. The van der Waals surface area contributed by atoms with E-state index in [0.717, 1.165) is 75.9 Å². The van der Waals surface area contributed by atoms with Crippen molar-refractivity contribution in [2.24, 2.45) is 11.8 Å². The number of carbonyl (C=O) groups is 1. The number of aromatic nitrogens is 2.